The molecule has 0 atom stereocenters. The topological polar surface area (TPSA) is 34.9 Å². The smallest absolute Gasteiger partial charge is 0.197 e. The van der Waals surface area contributed by atoms with Crippen LogP contribution in [0, 0.1) is 6.92 Å². The lowest BCUT2D eigenvalue weighted by Gasteiger charge is -1.90. The second kappa shape index (κ2) is 3.38. The van der Waals surface area contributed by atoms with Gasteiger partial charge in [0.1, 0.15) is 0 Å². The fourth-order valence-corrected chi connectivity index (χ4v) is 1.95. The van der Waals surface area contributed by atoms with Crippen molar-refractivity contribution in [1.29, 1.82) is 0 Å². The molecule has 0 aromatic carbocycles. The Morgan fingerprint density at radius 2 is 2.29 bits per heavy atom. The van der Waals surface area contributed by atoms with Crippen LogP contribution in [-0.2, 0) is 7.05 Å². The van der Waals surface area contributed by atoms with Crippen molar-refractivity contribution in [2.75, 3.05) is 0 Å². The molecule has 0 aliphatic carbocycles. The zero-order valence-corrected chi connectivity index (χ0v) is 8.84. The molecule has 0 unspecified atom stereocenters. The van der Waals surface area contributed by atoms with E-state index < -0.39 is 0 Å². The molecular weight excluding hydrogens is 196 g/mol. The number of hydrogen-bond donors (Lipinski definition) is 0. The summed E-state index contributed by atoms with van der Waals surface area (Å²) < 4.78 is 1.63. The fraction of sp³-hybridized carbons (Fsp3) is 0.200. The van der Waals surface area contributed by atoms with Gasteiger partial charge in [0, 0.05) is 29.1 Å². The van der Waals surface area contributed by atoms with Crippen molar-refractivity contribution in [3.63, 3.8) is 0 Å². The molecule has 0 aliphatic rings. The van der Waals surface area contributed by atoms with E-state index in [1.54, 1.807) is 35.5 Å². The molecule has 0 amide bonds. The van der Waals surface area contributed by atoms with Gasteiger partial charge in [0.15, 0.2) is 5.78 Å². The maximum atomic E-state index is 11.8. The lowest BCUT2D eigenvalue weighted by molar-refractivity contribution is 0.103. The summed E-state index contributed by atoms with van der Waals surface area (Å²) in [5.74, 6) is 0.0439. The average Bonchev–Trinajstić information content (AvgIpc) is 2.73. The number of hydrogen-bond acceptors (Lipinski definition) is 3. The number of ketones is 1. The largest absolute Gasteiger partial charge is 0.288 e. The highest BCUT2D eigenvalue weighted by Gasteiger charge is 2.11. The first-order chi connectivity index (χ1) is 6.66. The van der Waals surface area contributed by atoms with Gasteiger partial charge in [-0.15, -0.1) is 11.3 Å². The summed E-state index contributed by atoms with van der Waals surface area (Å²) in [4.78, 5) is 13.0. The monoisotopic (exact) mass is 206 g/mol. The summed E-state index contributed by atoms with van der Waals surface area (Å²) in [6, 6.07) is 1.90. The summed E-state index contributed by atoms with van der Waals surface area (Å²) >= 11 is 1.59. The second-order valence-electron chi connectivity index (χ2n) is 3.18. The maximum Gasteiger partial charge on any atom is 0.197 e. The molecule has 0 aliphatic heterocycles. The lowest BCUT2D eigenvalue weighted by atomic mass is 10.1. The molecule has 72 valence electrons. The van der Waals surface area contributed by atoms with Crippen LogP contribution in [0.15, 0.2) is 23.8 Å². The van der Waals surface area contributed by atoms with Crippen molar-refractivity contribution < 1.29 is 4.79 Å². The van der Waals surface area contributed by atoms with Gasteiger partial charge in [0.25, 0.3) is 0 Å². The first-order valence-electron chi connectivity index (χ1n) is 4.25. The van der Waals surface area contributed by atoms with Crippen LogP contribution in [0.25, 0.3) is 0 Å². The fourth-order valence-electron chi connectivity index (χ4n) is 1.27. The Morgan fingerprint density at radius 1 is 1.50 bits per heavy atom. The Morgan fingerprint density at radius 3 is 2.79 bits per heavy atom. The highest BCUT2D eigenvalue weighted by molar-refractivity contribution is 7.10. The summed E-state index contributed by atoms with van der Waals surface area (Å²) in [7, 11) is 1.80. The van der Waals surface area contributed by atoms with E-state index in [2.05, 4.69) is 5.10 Å². The van der Waals surface area contributed by atoms with Crippen molar-refractivity contribution >= 4 is 17.1 Å². The van der Waals surface area contributed by atoms with Crippen LogP contribution in [0.2, 0.25) is 0 Å². The first kappa shape index (κ1) is 9.15. The highest BCUT2D eigenvalue weighted by Crippen LogP contribution is 2.16. The zero-order valence-electron chi connectivity index (χ0n) is 8.02. The Bertz CT molecular complexity index is 428. The third-order valence-electron chi connectivity index (χ3n) is 1.96. The van der Waals surface area contributed by atoms with Gasteiger partial charge >= 0.3 is 0 Å². The van der Waals surface area contributed by atoms with Crippen molar-refractivity contribution in [3.05, 3.63) is 39.8 Å². The van der Waals surface area contributed by atoms with Crippen LogP contribution in [0.4, 0.5) is 0 Å². The zero-order chi connectivity index (χ0) is 10.1. The summed E-state index contributed by atoms with van der Waals surface area (Å²) in [6.45, 7) is 1.99. The summed E-state index contributed by atoms with van der Waals surface area (Å²) in [5, 5.41) is 5.85. The van der Waals surface area contributed by atoms with Gasteiger partial charge in [0.05, 0.1) is 11.8 Å². The summed E-state index contributed by atoms with van der Waals surface area (Å²) in [5.41, 5.74) is 1.39. The van der Waals surface area contributed by atoms with Crippen LogP contribution in [0.3, 0.4) is 0 Å². The van der Waals surface area contributed by atoms with Crippen molar-refractivity contribution in [3.8, 4) is 0 Å². The second-order valence-corrected chi connectivity index (χ2v) is 4.29. The van der Waals surface area contributed by atoms with E-state index in [0.29, 0.717) is 5.56 Å². The van der Waals surface area contributed by atoms with E-state index in [4.69, 9.17) is 0 Å². The standard InChI is InChI=1S/C10H10N2OS/c1-7-3-8(6-14-7)10(13)9-4-11-12(2)5-9/h3-6H,1-2H3. The van der Waals surface area contributed by atoms with Crippen LogP contribution in [0.5, 0.6) is 0 Å². The van der Waals surface area contributed by atoms with E-state index in [-0.39, 0.29) is 5.78 Å². The molecule has 0 saturated heterocycles. The van der Waals surface area contributed by atoms with Gasteiger partial charge in [-0.05, 0) is 13.0 Å². The Hall–Kier alpha value is -1.42. The summed E-state index contributed by atoms with van der Waals surface area (Å²) in [6.07, 6.45) is 3.32. The molecule has 0 spiro atoms. The van der Waals surface area contributed by atoms with Crippen molar-refractivity contribution in [2.24, 2.45) is 7.05 Å². The van der Waals surface area contributed by atoms with Gasteiger partial charge in [-0.25, -0.2) is 0 Å². The predicted molar refractivity (Wildman–Crippen MR) is 55.7 cm³/mol. The first-order valence-corrected chi connectivity index (χ1v) is 5.13. The van der Waals surface area contributed by atoms with E-state index >= 15 is 0 Å². The molecule has 14 heavy (non-hydrogen) atoms. The molecule has 0 N–H and O–H groups in total. The molecular formula is C10H10N2OS. The van der Waals surface area contributed by atoms with Crippen LogP contribution in [0.1, 0.15) is 20.8 Å². The normalized spacial score (nSPS) is 10.4. The Balaban J connectivity index is 2.33. The van der Waals surface area contributed by atoms with E-state index in [0.717, 1.165) is 10.4 Å². The van der Waals surface area contributed by atoms with E-state index in [1.165, 1.54) is 0 Å². The van der Waals surface area contributed by atoms with E-state index in [1.807, 2.05) is 18.4 Å². The quantitative estimate of drug-likeness (QED) is 0.705. The molecule has 0 saturated carbocycles. The average molecular weight is 206 g/mol. The number of carbonyl (C=O) groups excluding carboxylic acids is 1. The van der Waals surface area contributed by atoms with Crippen LogP contribution < -0.4 is 0 Å². The number of thiophene rings is 1. The number of carbonyl (C=O) groups is 1. The minimum Gasteiger partial charge on any atom is -0.288 e. The molecule has 3 nitrogen and oxygen atoms in total. The highest BCUT2D eigenvalue weighted by atomic mass is 32.1. The predicted octanol–water partition coefficient (Wildman–Crippen LogP) is 2.02. The minimum absolute atomic E-state index is 0.0439. The molecule has 0 fully saturated rings. The van der Waals surface area contributed by atoms with E-state index in [9.17, 15) is 4.79 Å². The molecule has 2 rings (SSSR count). The lowest BCUT2D eigenvalue weighted by Crippen LogP contribution is -1.97. The van der Waals surface area contributed by atoms with Gasteiger partial charge < -0.3 is 0 Å². The van der Waals surface area contributed by atoms with Crippen molar-refractivity contribution in [2.45, 2.75) is 6.92 Å². The van der Waals surface area contributed by atoms with Crippen LogP contribution >= 0.6 is 11.3 Å². The van der Waals surface area contributed by atoms with Crippen LogP contribution in [-0.4, -0.2) is 15.6 Å². The molecule has 0 bridgehead atoms. The number of rotatable bonds is 2. The Kier molecular flexibility index (Phi) is 2.21. The van der Waals surface area contributed by atoms with Gasteiger partial charge in [-0.3, -0.25) is 9.48 Å². The number of nitrogens with zero attached hydrogens (tertiary/aromatic N) is 2. The number of aryl methyl sites for hydroxylation is 2. The molecule has 2 aromatic heterocycles. The minimum atomic E-state index is 0.0439. The molecule has 2 aromatic rings. The van der Waals surface area contributed by atoms with Gasteiger partial charge in [0.2, 0.25) is 0 Å². The molecule has 4 heteroatoms. The molecule has 2 heterocycles. The van der Waals surface area contributed by atoms with Crippen molar-refractivity contribution in [1.82, 2.24) is 9.78 Å². The SMILES string of the molecule is Cc1cc(C(=O)c2cnn(C)c2)cs1. The Labute approximate surface area is 86.0 Å². The van der Waals surface area contributed by atoms with Gasteiger partial charge in [-0.1, -0.05) is 0 Å². The van der Waals surface area contributed by atoms with Gasteiger partial charge in [-0.2, -0.15) is 5.10 Å². The third kappa shape index (κ3) is 1.61. The third-order valence-corrected chi connectivity index (χ3v) is 2.82. The number of aromatic nitrogens is 2. The molecule has 0 radical (unpaired) electrons. The maximum absolute atomic E-state index is 11.8.